The molecule has 0 bridgehead atoms. The average Bonchev–Trinajstić information content (AvgIpc) is 3.61. The lowest BCUT2D eigenvalue weighted by Gasteiger charge is -2.45. The van der Waals surface area contributed by atoms with Crippen molar-refractivity contribution < 1.29 is 43.9 Å². The number of phenolic OH excluding ortho intramolecular Hbond substituents is 1. The molecule has 1 spiro atoms. The van der Waals surface area contributed by atoms with Crippen molar-refractivity contribution in [3.05, 3.63) is 81.3 Å². The molecule has 11 heteroatoms. The molecule has 2 unspecified atom stereocenters. The molecule has 2 aromatic rings. The minimum Gasteiger partial charge on any atom is -0.510 e. The monoisotopic (exact) mass is 608 g/mol. The van der Waals surface area contributed by atoms with E-state index in [2.05, 4.69) is 24.0 Å². The number of methoxy groups -OCH3 is 1. The molecule has 6 atom stereocenters. The van der Waals surface area contributed by atoms with Crippen LogP contribution in [0.5, 0.6) is 11.5 Å². The minimum absolute atomic E-state index is 0.0262. The number of nitrogens with zero attached hydrogens (tertiary/aromatic N) is 2. The number of aliphatic hydroxyl groups excluding tert-OH is 2. The number of Topliss-reactive ketones (excluding diaryl/α,β-unsaturated/α-hetero) is 1. The molecule has 0 radical (unpaired) electrons. The first kappa shape index (κ1) is 30.3. The van der Waals surface area contributed by atoms with Crippen LogP contribution in [0.2, 0.25) is 0 Å². The number of carbonyl (C=O) groups is 2. The van der Waals surface area contributed by atoms with Gasteiger partial charge >= 0.3 is 6.04 Å². The first-order valence-corrected chi connectivity index (χ1v) is 14.7. The fourth-order valence-electron chi connectivity index (χ4n) is 7.97. The van der Waals surface area contributed by atoms with E-state index in [-0.39, 0.29) is 35.8 Å². The van der Waals surface area contributed by atoms with Crippen LogP contribution in [0.1, 0.15) is 53.4 Å². The van der Waals surface area contributed by atoms with E-state index in [9.17, 15) is 34.4 Å². The molecular formula is C33H37FN2O8. The van der Waals surface area contributed by atoms with E-state index < -0.39 is 58.2 Å². The zero-order valence-corrected chi connectivity index (χ0v) is 25.3. The number of rotatable bonds is 8. The van der Waals surface area contributed by atoms with Crippen molar-refractivity contribution in [3.8, 4) is 11.5 Å². The van der Waals surface area contributed by atoms with Gasteiger partial charge in [-0.1, -0.05) is 37.3 Å². The van der Waals surface area contributed by atoms with Crippen LogP contribution in [0.15, 0.2) is 59.1 Å². The molecule has 4 aliphatic rings. The van der Waals surface area contributed by atoms with E-state index in [0.29, 0.717) is 30.0 Å². The van der Waals surface area contributed by atoms with Gasteiger partial charge in [0.25, 0.3) is 0 Å². The SMILES string of the molecule is CCN(Cc1cc(O)c2c(c1OC)C[C@H]1C[C@H]3[C@H](N(C)C)C(O)=C(C(=O)F)C4(O)O[C@]34C(O)=C1C2=O)C(C)c1ccccc1. The maximum atomic E-state index is 14.2. The highest BCUT2D eigenvalue weighted by Gasteiger charge is 2.85. The number of hydrogen-bond acceptors (Lipinski definition) is 10. The Bertz CT molecular complexity index is 1620. The van der Waals surface area contributed by atoms with Crippen molar-refractivity contribution in [3.63, 3.8) is 0 Å². The Hall–Kier alpha value is -3.77. The molecule has 6 rings (SSSR count). The van der Waals surface area contributed by atoms with Gasteiger partial charge in [-0.25, -0.2) is 0 Å². The second-order valence-electron chi connectivity index (χ2n) is 12.4. The van der Waals surface area contributed by atoms with Gasteiger partial charge in [-0.05, 0) is 58.0 Å². The van der Waals surface area contributed by atoms with Crippen molar-refractivity contribution in [2.45, 2.75) is 56.7 Å². The Balaban J connectivity index is 1.44. The number of fused-ring (bicyclic) bond motifs is 2. The van der Waals surface area contributed by atoms with Gasteiger partial charge in [-0.2, -0.15) is 4.39 Å². The highest BCUT2D eigenvalue weighted by atomic mass is 19.1. The number of aromatic hydroxyl groups is 1. The van der Waals surface area contributed by atoms with E-state index in [1.54, 1.807) is 19.0 Å². The smallest absolute Gasteiger partial charge is 0.337 e. The summed E-state index contributed by atoms with van der Waals surface area (Å²) in [5.74, 6) is -5.85. The first-order valence-electron chi connectivity index (χ1n) is 14.7. The van der Waals surface area contributed by atoms with Gasteiger partial charge in [-0.15, -0.1) is 0 Å². The van der Waals surface area contributed by atoms with E-state index in [1.165, 1.54) is 13.2 Å². The predicted octanol–water partition coefficient (Wildman–Crippen LogP) is 3.88. The number of carbonyl (C=O) groups excluding carboxylic acids is 2. The Labute approximate surface area is 254 Å². The summed E-state index contributed by atoms with van der Waals surface area (Å²) in [5, 5.41) is 45.1. The van der Waals surface area contributed by atoms with Crippen LogP contribution in [0, 0.1) is 11.8 Å². The molecule has 3 aliphatic carbocycles. The van der Waals surface area contributed by atoms with E-state index in [0.717, 1.165) is 5.56 Å². The van der Waals surface area contributed by atoms with Crippen molar-refractivity contribution in [2.75, 3.05) is 27.7 Å². The van der Waals surface area contributed by atoms with Gasteiger partial charge in [0.2, 0.25) is 5.79 Å². The fourth-order valence-corrected chi connectivity index (χ4v) is 7.97. The summed E-state index contributed by atoms with van der Waals surface area (Å²) in [6.07, 6.45) is 0.351. The zero-order valence-electron chi connectivity index (χ0n) is 25.3. The summed E-state index contributed by atoms with van der Waals surface area (Å²) < 4.78 is 25.7. The molecule has 0 saturated carbocycles. The Morgan fingerprint density at radius 3 is 2.48 bits per heavy atom. The number of phenols is 1. The molecule has 2 aromatic carbocycles. The zero-order chi connectivity index (χ0) is 31.9. The third kappa shape index (κ3) is 3.99. The Kier molecular flexibility index (Phi) is 7.16. The maximum absolute atomic E-state index is 14.2. The van der Waals surface area contributed by atoms with E-state index in [4.69, 9.17) is 9.47 Å². The number of aliphatic hydroxyl groups is 3. The van der Waals surface area contributed by atoms with Crippen LogP contribution in [0.4, 0.5) is 4.39 Å². The van der Waals surface area contributed by atoms with Crippen LogP contribution in [0.25, 0.3) is 0 Å². The molecule has 1 heterocycles. The molecule has 1 saturated heterocycles. The second-order valence-corrected chi connectivity index (χ2v) is 12.4. The van der Waals surface area contributed by atoms with Gasteiger partial charge < -0.3 is 29.9 Å². The Morgan fingerprint density at radius 1 is 1.20 bits per heavy atom. The second kappa shape index (κ2) is 10.4. The van der Waals surface area contributed by atoms with Gasteiger partial charge in [0, 0.05) is 35.2 Å². The lowest BCUT2D eigenvalue weighted by atomic mass is 9.60. The van der Waals surface area contributed by atoms with Crippen LogP contribution < -0.4 is 4.74 Å². The molecule has 4 N–H and O–H groups in total. The van der Waals surface area contributed by atoms with Gasteiger partial charge in [0.1, 0.15) is 28.6 Å². The van der Waals surface area contributed by atoms with Gasteiger partial charge in [0.15, 0.2) is 11.4 Å². The van der Waals surface area contributed by atoms with Crippen LogP contribution in [0.3, 0.4) is 0 Å². The fraction of sp³-hybridized carbons (Fsp3) is 0.455. The first-order chi connectivity index (χ1) is 20.8. The quantitative estimate of drug-likeness (QED) is 0.258. The third-order valence-electron chi connectivity index (χ3n) is 10.0. The highest BCUT2D eigenvalue weighted by Crippen LogP contribution is 2.68. The summed E-state index contributed by atoms with van der Waals surface area (Å²) in [7, 11) is 4.74. The topological polar surface area (TPSA) is 143 Å². The maximum Gasteiger partial charge on any atom is 0.337 e. The highest BCUT2D eigenvalue weighted by molar-refractivity contribution is 6.14. The van der Waals surface area contributed by atoms with Crippen molar-refractivity contribution in [1.29, 1.82) is 0 Å². The molecule has 44 heavy (non-hydrogen) atoms. The van der Waals surface area contributed by atoms with E-state index >= 15 is 0 Å². The predicted molar refractivity (Wildman–Crippen MR) is 157 cm³/mol. The molecule has 0 amide bonds. The molecule has 0 aromatic heterocycles. The van der Waals surface area contributed by atoms with Crippen molar-refractivity contribution in [1.82, 2.24) is 9.80 Å². The molecule has 1 fully saturated rings. The normalized spacial score (nSPS) is 29.7. The van der Waals surface area contributed by atoms with Crippen LogP contribution in [-0.4, -0.2) is 87.2 Å². The summed E-state index contributed by atoms with van der Waals surface area (Å²) in [6, 6.07) is 8.51. The number of halogens is 1. The van der Waals surface area contributed by atoms with Crippen LogP contribution in [-0.2, 0) is 22.5 Å². The number of benzene rings is 2. The van der Waals surface area contributed by atoms with Crippen LogP contribution >= 0.6 is 0 Å². The third-order valence-corrected chi connectivity index (χ3v) is 10.0. The standard InChI is InChI=1S/C33H37FN2O8/c1-6-36(16(2)17-10-8-7-9-11-17)15-19-14-22(37)24-20(29(19)43-5)12-18-13-21-26(35(3)4)28(39)25(31(34)41)33(42)32(21,44-33)30(40)23(18)27(24)38/h7-11,14,16,18,21,26,37,39-40,42H,6,12-13,15H2,1-5H3/t16?,18-,21-,26-,32-,33?/m0/s1. The number of hydrogen-bond donors (Lipinski definition) is 4. The summed E-state index contributed by atoms with van der Waals surface area (Å²) in [4.78, 5) is 29.8. The van der Waals surface area contributed by atoms with Crippen molar-refractivity contribution >= 4 is 11.8 Å². The molecular weight excluding hydrogens is 571 g/mol. The molecule has 10 nitrogen and oxygen atoms in total. The number of ketones is 1. The number of likely N-dealkylation sites (N-methyl/N-ethyl adjacent to an activating group) is 1. The Morgan fingerprint density at radius 2 is 1.89 bits per heavy atom. The summed E-state index contributed by atoms with van der Waals surface area (Å²) >= 11 is 0. The lowest BCUT2D eigenvalue weighted by molar-refractivity contribution is -0.128. The number of ether oxygens (including phenoxy) is 2. The molecule has 1 aliphatic heterocycles. The molecule has 234 valence electrons. The van der Waals surface area contributed by atoms with Gasteiger partial charge in [-0.3, -0.25) is 19.4 Å². The van der Waals surface area contributed by atoms with E-state index in [1.807, 2.05) is 25.1 Å². The number of epoxide rings is 1. The van der Waals surface area contributed by atoms with Crippen molar-refractivity contribution in [2.24, 2.45) is 11.8 Å². The summed E-state index contributed by atoms with van der Waals surface area (Å²) in [5.41, 5.74) is -0.765. The average molecular weight is 609 g/mol. The minimum atomic E-state index is -2.63. The summed E-state index contributed by atoms with van der Waals surface area (Å²) in [6.45, 7) is 5.28. The largest absolute Gasteiger partial charge is 0.510 e. The number of allylic oxidation sites excluding steroid dienone is 1. The lowest BCUT2D eigenvalue weighted by Crippen LogP contribution is -2.57. The van der Waals surface area contributed by atoms with Gasteiger partial charge in [0.05, 0.1) is 18.7 Å².